The van der Waals surface area contributed by atoms with Crippen LogP contribution in [0, 0.1) is 12.7 Å². The van der Waals surface area contributed by atoms with Gasteiger partial charge in [0.05, 0.1) is 23.8 Å². The maximum atomic E-state index is 13.4. The van der Waals surface area contributed by atoms with Crippen molar-refractivity contribution in [2.24, 2.45) is 0 Å². The Kier molecular flexibility index (Phi) is 2.68. The Bertz CT molecular complexity index is 496. The standard InChI is InChI=1S/C11H11FN4/c1-7-2-3-9(12)10(4-7)16-11-14-5-8(13)6-15-11/h2-6H,13H2,1H3,(H,14,15,16). The predicted octanol–water partition coefficient (Wildman–Crippen LogP) is 2.25. The number of anilines is 3. The number of aromatic nitrogens is 2. The summed E-state index contributed by atoms with van der Waals surface area (Å²) in [6, 6.07) is 4.79. The summed E-state index contributed by atoms with van der Waals surface area (Å²) < 4.78 is 13.4. The Morgan fingerprint density at radius 2 is 1.94 bits per heavy atom. The molecule has 0 atom stereocenters. The number of rotatable bonds is 2. The fraction of sp³-hybridized carbons (Fsp3) is 0.0909. The van der Waals surface area contributed by atoms with Crippen LogP contribution in [0.5, 0.6) is 0 Å². The molecule has 0 aliphatic rings. The number of hydrogen-bond donors (Lipinski definition) is 2. The van der Waals surface area contributed by atoms with Gasteiger partial charge in [0.25, 0.3) is 0 Å². The molecule has 5 heteroatoms. The molecular weight excluding hydrogens is 207 g/mol. The molecule has 1 aromatic carbocycles. The third-order valence-corrected chi connectivity index (χ3v) is 2.04. The summed E-state index contributed by atoms with van der Waals surface area (Å²) in [7, 11) is 0. The number of hydrogen-bond acceptors (Lipinski definition) is 4. The van der Waals surface area contributed by atoms with E-state index in [0.717, 1.165) is 5.56 Å². The average Bonchev–Trinajstić information content (AvgIpc) is 2.27. The minimum absolute atomic E-state index is 0.318. The van der Waals surface area contributed by atoms with Crippen LogP contribution in [0.1, 0.15) is 5.56 Å². The van der Waals surface area contributed by atoms with Crippen LogP contribution < -0.4 is 11.1 Å². The molecule has 0 unspecified atom stereocenters. The Labute approximate surface area is 92.3 Å². The third-order valence-electron chi connectivity index (χ3n) is 2.04. The van der Waals surface area contributed by atoms with E-state index in [9.17, 15) is 4.39 Å². The summed E-state index contributed by atoms with van der Waals surface area (Å²) in [4.78, 5) is 7.86. The highest BCUT2D eigenvalue weighted by molar-refractivity contribution is 5.55. The smallest absolute Gasteiger partial charge is 0.227 e. The van der Waals surface area contributed by atoms with Gasteiger partial charge in [-0.15, -0.1) is 0 Å². The Morgan fingerprint density at radius 3 is 2.62 bits per heavy atom. The minimum Gasteiger partial charge on any atom is -0.396 e. The fourth-order valence-corrected chi connectivity index (χ4v) is 1.26. The van der Waals surface area contributed by atoms with E-state index in [1.165, 1.54) is 18.5 Å². The first-order valence-electron chi connectivity index (χ1n) is 4.76. The predicted molar refractivity (Wildman–Crippen MR) is 60.9 cm³/mol. The van der Waals surface area contributed by atoms with Crippen molar-refractivity contribution in [2.45, 2.75) is 6.92 Å². The summed E-state index contributed by atoms with van der Waals surface area (Å²) in [5, 5.41) is 2.79. The van der Waals surface area contributed by atoms with E-state index in [1.807, 2.05) is 6.92 Å². The number of nitrogens with one attached hydrogen (secondary N) is 1. The normalized spacial score (nSPS) is 10.1. The fourth-order valence-electron chi connectivity index (χ4n) is 1.26. The van der Waals surface area contributed by atoms with Gasteiger partial charge in [-0.05, 0) is 24.6 Å². The number of nitrogens with zero attached hydrogens (tertiary/aromatic N) is 2. The second-order valence-corrected chi connectivity index (χ2v) is 3.45. The first-order valence-corrected chi connectivity index (χ1v) is 4.76. The summed E-state index contributed by atoms with van der Waals surface area (Å²) in [6.07, 6.45) is 2.92. The Morgan fingerprint density at radius 1 is 1.25 bits per heavy atom. The number of halogens is 1. The Balaban J connectivity index is 2.26. The van der Waals surface area contributed by atoms with Crippen molar-refractivity contribution >= 4 is 17.3 Å². The minimum atomic E-state index is -0.342. The van der Waals surface area contributed by atoms with E-state index in [1.54, 1.807) is 12.1 Å². The highest BCUT2D eigenvalue weighted by atomic mass is 19.1. The Hall–Kier alpha value is -2.17. The molecule has 0 aliphatic carbocycles. The van der Waals surface area contributed by atoms with Crippen molar-refractivity contribution in [3.63, 3.8) is 0 Å². The summed E-state index contributed by atoms with van der Waals surface area (Å²) in [5.41, 5.74) is 7.22. The lowest BCUT2D eigenvalue weighted by atomic mass is 10.2. The number of benzene rings is 1. The number of nitrogens with two attached hydrogens (primary N) is 1. The van der Waals surface area contributed by atoms with E-state index in [2.05, 4.69) is 15.3 Å². The van der Waals surface area contributed by atoms with Crippen molar-refractivity contribution < 1.29 is 4.39 Å². The van der Waals surface area contributed by atoms with Crippen LogP contribution >= 0.6 is 0 Å². The van der Waals surface area contributed by atoms with Crippen LogP contribution in [-0.4, -0.2) is 9.97 Å². The van der Waals surface area contributed by atoms with Crippen LogP contribution in [0.15, 0.2) is 30.6 Å². The molecule has 0 aliphatic heterocycles. The van der Waals surface area contributed by atoms with Gasteiger partial charge < -0.3 is 11.1 Å². The monoisotopic (exact) mass is 218 g/mol. The van der Waals surface area contributed by atoms with Gasteiger partial charge in [-0.3, -0.25) is 0 Å². The molecule has 16 heavy (non-hydrogen) atoms. The maximum Gasteiger partial charge on any atom is 0.227 e. The molecule has 0 bridgehead atoms. The lowest BCUT2D eigenvalue weighted by Gasteiger charge is -2.06. The quantitative estimate of drug-likeness (QED) is 0.811. The molecule has 82 valence electrons. The van der Waals surface area contributed by atoms with Crippen LogP contribution in [0.2, 0.25) is 0 Å². The van der Waals surface area contributed by atoms with Gasteiger partial charge in [-0.2, -0.15) is 0 Å². The first-order chi connectivity index (χ1) is 7.65. The van der Waals surface area contributed by atoms with E-state index in [0.29, 0.717) is 17.3 Å². The molecule has 0 saturated carbocycles. The van der Waals surface area contributed by atoms with Crippen molar-refractivity contribution in [3.8, 4) is 0 Å². The molecule has 2 aromatic rings. The zero-order valence-corrected chi connectivity index (χ0v) is 8.74. The summed E-state index contributed by atoms with van der Waals surface area (Å²) in [5.74, 6) is -0.0234. The van der Waals surface area contributed by atoms with Gasteiger partial charge >= 0.3 is 0 Å². The second kappa shape index (κ2) is 4.14. The van der Waals surface area contributed by atoms with Crippen LogP contribution in [-0.2, 0) is 0 Å². The van der Waals surface area contributed by atoms with Crippen molar-refractivity contribution in [2.75, 3.05) is 11.1 Å². The molecule has 0 spiro atoms. The molecular formula is C11H11FN4. The lowest BCUT2D eigenvalue weighted by molar-refractivity contribution is 0.631. The largest absolute Gasteiger partial charge is 0.396 e. The molecule has 0 radical (unpaired) electrons. The van der Waals surface area contributed by atoms with Gasteiger partial charge in [0.1, 0.15) is 5.82 Å². The molecule has 0 saturated heterocycles. The molecule has 0 amide bonds. The van der Waals surface area contributed by atoms with Gasteiger partial charge in [-0.1, -0.05) is 6.07 Å². The average molecular weight is 218 g/mol. The highest BCUT2D eigenvalue weighted by Gasteiger charge is 2.03. The van der Waals surface area contributed by atoms with Crippen molar-refractivity contribution in [1.82, 2.24) is 9.97 Å². The van der Waals surface area contributed by atoms with E-state index >= 15 is 0 Å². The zero-order valence-electron chi connectivity index (χ0n) is 8.74. The van der Waals surface area contributed by atoms with E-state index < -0.39 is 0 Å². The molecule has 1 heterocycles. The lowest BCUT2D eigenvalue weighted by Crippen LogP contribution is -2.00. The molecule has 1 aromatic heterocycles. The molecule has 2 rings (SSSR count). The molecule has 3 N–H and O–H groups in total. The zero-order chi connectivity index (χ0) is 11.5. The third kappa shape index (κ3) is 2.25. The van der Waals surface area contributed by atoms with Crippen molar-refractivity contribution in [3.05, 3.63) is 42.0 Å². The van der Waals surface area contributed by atoms with Crippen LogP contribution in [0.4, 0.5) is 21.7 Å². The number of aryl methyl sites for hydroxylation is 1. The van der Waals surface area contributed by atoms with E-state index in [4.69, 9.17) is 5.73 Å². The molecule has 0 fully saturated rings. The van der Waals surface area contributed by atoms with Crippen LogP contribution in [0.25, 0.3) is 0 Å². The first kappa shape index (κ1) is 10.4. The highest BCUT2D eigenvalue weighted by Crippen LogP contribution is 2.18. The van der Waals surface area contributed by atoms with Crippen LogP contribution in [0.3, 0.4) is 0 Å². The second-order valence-electron chi connectivity index (χ2n) is 3.45. The number of nitrogen functional groups attached to an aromatic ring is 1. The summed E-state index contributed by atoms with van der Waals surface area (Å²) in [6.45, 7) is 1.88. The van der Waals surface area contributed by atoms with E-state index in [-0.39, 0.29) is 5.82 Å². The topological polar surface area (TPSA) is 63.8 Å². The van der Waals surface area contributed by atoms with Gasteiger partial charge in [0.2, 0.25) is 5.95 Å². The maximum absolute atomic E-state index is 13.4. The van der Waals surface area contributed by atoms with Gasteiger partial charge in [0, 0.05) is 0 Å². The summed E-state index contributed by atoms with van der Waals surface area (Å²) >= 11 is 0. The van der Waals surface area contributed by atoms with Gasteiger partial charge in [0.15, 0.2) is 0 Å². The van der Waals surface area contributed by atoms with Gasteiger partial charge in [-0.25, -0.2) is 14.4 Å². The SMILES string of the molecule is Cc1ccc(F)c(Nc2ncc(N)cn2)c1. The van der Waals surface area contributed by atoms with Crippen molar-refractivity contribution in [1.29, 1.82) is 0 Å². The molecule has 4 nitrogen and oxygen atoms in total.